The fourth-order valence-electron chi connectivity index (χ4n) is 1.95. The van der Waals surface area contributed by atoms with Crippen LogP contribution in [0.25, 0.3) is 0 Å². The zero-order valence-corrected chi connectivity index (χ0v) is 12.6. The highest BCUT2D eigenvalue weighted by Crippen LogP contribution is 2.27. The van der Waals surface area contributed by atoms with Gasteiger partial charge < -0.3 is 11.1 Å². The van der Waals surface area contributed by atoms with Gasteiger partial charge in [0.25, 0.3) is 0 Å². The van der Waals surface area contributed by atoms with Crippen molar-refractivity contribution in [1.82, 2.24) is 0 Å². The van der Waals surface area contributed by atoms with Crippen LogP contribution in [-0.2, 0) is 17.8 Å². The highest BCUT2D eigenvalue weighted by molar-refractivity contribution is 9.10. The van der Waals surface area contributed by atoms with Crippen LogP contribution in [-0.4, -0.2) is 5.91 Å². The first kappa shape index (κ1) is 15.6. The van der Waals surface area contributed by atoms with E-state index in [0.29, 0.717) is 12.6 Å². The second-order valence-electron chi connectivity index (χ2n) is 4.44. The predicted octanol–water partition coefficient (Wildman–Crippen LogP) is 3.37. The van der Waals surface area contributed by atoms with Gasteiger partial charge >= 0.3 is 0 Å². The molecule has 0 bridgehead atoms. The lowest BCUT2D eigenvalue weighted by molar-refractivity contribution is -0.115. The van der Waals surface area contributed by atoms with E-state index >= 15 is 0 Å². The summed E-state index contributed by atoms with van der Waals surface area (Å²) >= 11 is 3.03. The van der Waals surface area contributed by atoms with Crippen molar-refractivity contribution in [2.75, 3.05) is 5.32 Å². The molecule has 0 saturated carbocycles. The van der Waals surface area contributed by atoms with Crippen LogP contribution >= 0.6 is 15.9 Å². The summed E-state index contributed by atoms with van der Waals surface area (Å²) in [5, 5.41) is 2.44. The van der Waals surface area contributed by atoms with Crippen LogP contribution in [0.2, 0.25) is 0 Å². The third-order valence-corrected chi connectivity index (χ3v) is 3.59. The largest absolute Gasteiger partial charge is 0.326 e. The van der Waals surface area contributed by atoms with Gasteiger partial charge in [-0.25, -0.2) is 8.78 Å². The molecule has 0 unspecified atom stereocenters. The van der Waals surface area contributed by atoms with Crippen molar-refractivity contribution in [3.05, 3.63) is 63.6 Å². The molecule has 21 heavy (non-hydrogen) atoms. The van der Waals surface area contributed by atoms with Crippen molar-refractivity contribution >= 4 is 27.5 Å². The number of halogens is 3. The van der Waals surface area contributed by atoms with E-state index in [1.165, 1.54) is 0 Å². The third-order valence-electron chi connectivity index (χ3n) is 2.96. The lowest BCUT2D eigenvalue weighted by Gasteiger charge is -2.10. The lowest BCUT2D eigenvalue weighted by Crippen LogP contribution is -2.17. The number of nitrogens with two attached hydrogens (primary N) is 1. The first-order valence-corrected chi connectivity index (χ1v) is 7.02. The van der Waals surface area contributed by atoms with Crippen LogP contribution in [0.1, 0.15) is 11.1 Å². The Kier molecular flexibility index (Phi) is 5.03. The van der Waals surface area contributed by atoms with Crippen LogP contribution in [0.15, 0.2) is 40.9 Å². The monoisotopic (exact) mass is 354 g/mol. The second kappa shape index (κ2) is 6.78. The number of benzene rings is 2. The van der Waals surface area contributed by atoms with E-state index < -0.39 is 17.5 Å². The van der Waals surface area contributed by atoms with Gasteiger partial charge in [-0.15, -0.1) is 0 Å². The smallest absolute Gasteiger partial charge is 0.228 e. The maximum Gasteiger partial charge on any atom is 0.228 e. The average molecular weight is 355 g/mol. The van der Waals surface area contributed by atoms with Crippen LogP contribution < -0.4 is 11.1 Å². The molecular formula is C15H13BrF2N2O. The van der Waals surface area contributed by atoms with Crippen molar-refractivity contribution in [1.29, 1.82) is 0 Å². The number of nitrogens with one attached hydrogen (secondary N) is 1. The van der Waals surface area contributed by atoms with Gasteiger partial charge in [-0.3, -0.25) is 4.79 Å². The Morgan fingerprint density at radius 2 is 1.86 bits per heavy atom. The molecule has 3 N–H and O–H groups in total. The molecule has 2 aromatic carbocycles. The SMILES string of the molecule is NCc1ccccc1CC(=O)Nc1c(F)cc(F)cc1Br. The molecule has 0 atom stereocenters. The summed E-state index contributed by atoms with van der Waals surface area (Å²) < 4.78 is 26.8. The minimum Gasteiger partial charge on any atom is -0.326 e. The molecule has 0 fully saturated rings. The summed E-state index contributed by atoms with van der Waals surface area (Å²) in [6.07, 6.45) is 0.0661. The third kappa shape index (κ3) is 3.86. The predicted molar refractivity (Wildman–Crippen MR) is 80.7 cm³/mol. The average Bonchev–Trinajstić information content (AvgIpc) is 2.43. The molecule has 0 aliphatic rings. The molecule has 0 saturated heterocycles. The number of carbonyl (C=O) groups is 1. The highest BCUT2D eigenvalue weighted by Gasteiger charge is 2.14. The molecule has 2 rings (SSSR count). The number of carbonyl (C=O) groups excluding carboxylic acids is 1. The van der Waals surface area contributed by atoms with Gasteiger partial charge in [0.05, 0.1) is 12.1 Å². The molecule has 3 nitrogen and oxygen atoms in total. The molecule has 0 aliphatic heterocycles. The van der Waals surface area contributed by atoms with Crippen molar-refractivity contribution in [3.63, 3.8) is 0 Å². The molecule has 0 radical (unpaired) electrons. The molecule has 2 aromatic rings. The van der Waals surface area contributed by atoms with Gasteiger partial charge in [0.15, 0.2) is 5.82 Å². The summed E-state index contributed by atoms with van der Waals surface area (Å²) in [7, 11) is 0. The van der Waals surface area contributed by atoms with Crippen molar-refractivity contribution in [2.24, 2.45) is 5.73 Å². The van der Waals surface area contributed by atoms with Gasteiger partial charge in [0, 0.05) is 17.1 Å². The zero-order valence-electron chi connectivity index (χ0n) is 11.0. The quantitative estimate of drug-likeness (QED) is 0.884. The molecule has 6 heteroatoms. The zero-order chi connectivity index (χ0) is 15.4. The van der Waals surface area contributed by atoms with Gasteiger partial charge in [0.2, 0.25) is 5.91 Å². The highest BCUT2D eigenvalue weighted by atomic mass is 79.9. The van der Waals surface area contributed by atoms with E-state index in [4.69, 9.17) is 5.73 Å². The van der Waals surface area contributed by atoms with Crippen LogP contribution in [0, 0.1) is 11.6 Å². The van der Waals surface area contributed by atoms with E-state index in [0.717, 1.165) is 17.2 Å². The van der Waals surface area contributed by atoms with Gasteiger partial charge in [-0.05, 0) is 33.1 Å². The minimum atomic E-state index is -0.831. The lowest BCUT2D eigenvalue weighted by atomic mass is 10.0. The van der Waals surface area contributed by atoms with Crippen LogP contribution in [0.3, 0.4) is 0 Å². The van der Waals surface area contributed by atoms with Crippen LogP contribution in [0.5, 0.6) is 0 Å². The molecule has 0 aliphatic carbocycles. The first-order chi connectivity index (χ1) is 10.0. The fraction of sp³-hybridized carbons (Fsp3) is 0.133. The molecule has 0 heterocycles. The second-order valence-corrected chi connectivity index (χ2v) is 5.30. The maximum absolute atomic E-state index is 13.7. The Morgan fingerprint density at radius 3 is 2.48 bits per heavy atom. The van der Waals surface area contributed by atoms with E-state index in [9.17, 15) is 13.6 Å². The van der Waals surface area contributed by atoms with Gasteiger partial charge in [-0.2, -0.15) is 0 Å². The van der Waals surface area contributed by atoms with Crippen molar-refractivity contribution in [2.45, 2.75) is 13.0 Å². The van der Waals surface area contributed by atoms with Gasteiger partial charge in [-0.1, -0.05) is 24.3 Å². The number of hydrogen-bond donors (Lipinski definition) is 2. The van der Waals surface area contributed by atoms with E-state index in [1.807, 2.05) is 12.1 Å². The van der Waals surface area contributed by atoms with Crippen molar-refractivity contribution in [3.8, 4) is 0 Å². The summed E-state index contributed by atoms with van der Waals surface area (Å²) in [6, 6.07) is 9.06. The number of amides is 1. The Balaban J connectivity index is 2.16. The fourth-order valence-corrected chi connectivity index (χ4v) is 2.45. The first-order valence-electron chi connectivity index (χ1n) is 6.22. The molecule has 0 spiro atoms. The number of anilines is 1. The summed E-state index contributed by atoms with van der Waals surface area (Å²) in [4.78, 5) is 12.0. The molecule has 0 aromatic heterocycles. The topological polar surface area (TPSA) is 55.1 Å². The summed E-state index contributed by atoms with van der Waals surface area (Å²) in [5.41, 5.74) is 7.15. The van der Waals surface area contributed by atoms with E-state index in [-0.39, 0.29) is 16.6 Å². The molecular weight excluding hydrogens is 342 g/mol. The Bertz CT molecular complexity index is 653. The number of rotatable bonds is 4. The van der Waals surface area contributed by atoms with Crippen molar-refractivity contribution < 1.29 is 13.6 Å². The number of hydrogen-bond acceptors (Lipinski definition) is 2. The molecule has 1 amide bonds. The Morgan fingerprint density at radius 1 is 1.19 bits per heavy atom. The summed E-state index contributed by atoms with van der Waals surface area (Å²) in [5.74, 6) is -1.95. The maximum atomic E-state index is 13.7. The Hall–Kier alpha value is -1.79. The van der Waals surface area contributed by atoms with E-state index in [2.05, 4.69) is 21.2 Å². The Labute approximate surface area is 129 Å². The standard InChI is InChI=1S/C15H13BrF2N2O/c16-12-6-11(17)7-13(18)15(12)20-14(21)5-9-3-1-2-4-10(9)8-19/h1-4,6-7H,5,8,19H2,(H,20,21). The van der Waals surface area contributed by atoms with Gasteiger partial charge in [0.1, 0.15) is 5.82 Å². The van der Waals surface area contributed by atoms with E-state index in [1.54, 1.807) is 12.1 Å². The van der Waals surface area contributed by atoms with Crippen LogP contribution in [0.4, 0.5) is 14.5 Å². The normalized spacial score (nSPS) is 10.5. The minimum absolute atomic E-state index is 0.0661. The summed E-state index contributed by atoms with van der Waals surface area (Å²) in [6.45, 7) is 0.318. The molecule has 110 valence electrons.